The van der Waals surface area contributed by atoms with Crippen molar-refractivity contribution in [3.63, 3.8) is 0 Å². The monoisotopic (exact) mass is 241 g/mol. The Morgan fingerprint density at radius 1 is 1.35 bits per heavy atom. The number of rotatable bonds is 5. The largest absolute Gasteiger partial charge is 0.368 e. The number of carbonyl (C=O) groups excluding carboxylic acids is 2. The molecule has 0 unspecified atom stereocenters. The van der Waals surface area contributed by atoms with Gasteiger partial charge in [0, 0.05) is 6.42 Å². The Morgan fingerprint density at radius 3 is 2.41 bits per heavy atom. The van der Waals surface area contributed by atoms with E-state index in [2.05, 4.69) is 10.6 Å². The fraction of sp³-hybridized carbons (Fsp3) is 0.833. The van der Waals surface area contributed by atoms with Crippen molar-refractivity contribution in [1.82, 2.24) is 10.6 Å². The third kappa shape index (κ3) is 4.73. The molecule has 1 heterocycles. The van der Waals surface area contributed by atoms with Crippen LogP contribution in [0.5, 0.6) is 0 Å². The van der Waals surface area contributed by atoms with E-state index >= 15 is 0 Å². The van der Waals surface area contributed by atoms with E-state index in [1.165, 1.54) is 0 Å². The number of carbonyl (C=O) groups is 2. The zero-order valence-corrected chi connectivity index (χ0v) is 10.7. The number of primary amides is 1. The maximum atomic E-state index is 11.8. The average Bonchev–Trinajstić information content (AvgIpc) is 2.26. The summed E-state index contributed by atoms with van der Waals surface area (Å²) in [7, 11) is 0. The first-order valence-electron chi connectivity index (χ1n) is 6.30. The molecule has 1 rings (SSSR count). The molecule has 0 saturated carbocycles. The quantitative estimate of drug-likeness (QED) is 0.633. The standard InChI is InChI=1S/C12H23N3O2/c1-8(2)11(12(13)17)15-10(16)7-9-3-5-14-6-4-9/h8-9,11,14H,3-7H2,1-2H3,(H2,13,17)(H,15,16)/t11-/m0/s1. The third-order valence-electron chi connectivity index (χ3n) is 3.22. The number of hydrogen-bond acceptors (Lipinski definition) is 3. The maximum Gasteiger partial charge on any atom is 0.240 e. The minimum Gasteiger partial charge on any atom is -0.368 e. The Kier molecular flexibility index (Phi) is 5.41. The number of hydrogen-bond donors (Lipinski definition) is 3. The summed E-state index contributed by atoms with van der Waals surface area (Å²) in [6.45, 7) is 5.70. The van der Waals surface area contributed by atoms with Gasteiger partial charge in [-0.25, -0.2) is 0 Å². The molecular weight excluding hydrogens is 218 g/mol. The van der Waals surface area contributed by atoms with Gasteiger partial charge < -0.3 is 16.4 Å². The highest BCUT2D eigenvalue weighted by Crippen LogP contribution is 2.15. The summed E-state index contributed by atoms with van der Waals surface area (Å²) in [5.41, 5.74) is 5.26. The second-order valence-electron chi connectivity index (χ2n) is 5.09. The Labute approximate surface area is 103 Å². The van der Waals surface area contributed by atoms with E-state index < -0.39 is 11.9 Å². The first-order chi connectivity index (χ1) is 8.00. The van der Waals surface area contributed by atoms with Gasteiger partial charge in [-0.05, 0) is 37.8 Å². The Hall–Kier alpha value is -1.10. The second kappa shape index (κ2) is 6.59. The molecule has 2 amide bonds. The van der Waals surface area contributed by atoms with Crippen LogP contribution in [-0.4, -0.2) is 30.9 Å². The minimum atomic E-state index is -0.552. The zero-order chi connectivity index (χ0) is 12.8. The topological polar surface area (TPSA) is 84.2 Å². The molecule has 17 heavy (non-hydrogen) atoms. The van der Waals surface area contributed by atoms with Crippen molar-refractivity contribution in [2.24, 2.45) is 17.6 Å². The molecule has 0 radical (unpaired) electrons. The smallest absolute Gasteiger partial charge is 0.240 e. The van der Waals surface area contributed by atoms with Crippen LogP contribution in [0.15, 0.2) is 0 Å². The highest BCUT2D eigenvalue weighted by Gasteiger charge is 2.23. The van der Waals surface area contributed by atoms with Crippen LogP contribution in [0.3, 0.4) is 0 Å². The lowest BCUT2D eigenvalue weighted by Crippen LogP contribution is -2.48. The molecule has 0 aromatic carbocycles. The van der Waals surface area contributed by atoms with Crippen LogP contribution < -0.4 is 16.4 Å². The molecular formula is C12H23N3O2. The van der Waals surface area contributed by atoms with Gasteiger partial charge >= 0.3 is 0 Å². The first-order valence-corrected chi connectivity index (χ1v) is 6.30. The molecule has 0 aromatic rings. The van der Waals surface area contributed by atoms with Crippen LogP contribution in [0.2, 0.25) is 0 Å². The van der Waals surface area contributed by atoms with Crippen molar-refractivity contribution in [2.75, 3.05) is 13.1 Å². The van der Waals surface area contributed by atoms with Crippen molar-refractivity contribution in [3.8, 4) is 0 Å². The van der Waals surface area contributed by atoms with Gasteiger partial charge in [0.1, 0.15) is 6.04 Å². The maximum absolute atomic E-state index is 11.8. The van der Waals surface area contributed by atoms with E-state index in [1.54, 1.807) is 0 Å². The van der Waals surface area contributed by atoms with Gasteiger partial charge in [-0.3, -0.25) is 9.59 Å². The van der Waals surface area contributed by atoms with Crippen LogP contribution in [0.25, 0.3) is 0 Å². The molecule has 1 aliphatic rings. The second-order valence-corrected chi connectivity index (χ2v) is 5.09. The molecule has 1 atom stereocenters. The molecule has 1 aliphatic heterocycles. The highest BCUT2D eigenvalue weighted by molar-refractivity contribution is 5.86. The lowest BCUT2D eigenvalue weighted by Gasteiger charge is -2.24. The van der Waals surface area contributed by atoms with E-state index in [4.69, 9.17) is 5.73 Å². The van der Waals surface area contributed by atoms with E-state index in [1.807, 2.05) is 13.8 Å². The SMILES string of the molecule is CC(C)[C@H](NC(=O)CC1CCNCC1)C(N)=O. The van der Waals surface area contributed by atoms with E-state index in [-0.39, 0.29) is 11.8 Å². The number of amides is 2. The average molecular weight is 241 g/mol. The molecule has 1 saturated heterocycles. The lowest BCUT2D eigenvalue weighted by molar-refractivity contribution is -0.129. The molecule has 0 aliphatic carbocycles. The predicted octanol–water partition coefficient (Wildman–Crippen LogP) is 0.00220. The summed E-state index contributed by atoms with van der Waals surface area (Å²) >= 11 is 0. The summed E-state index contributed by atoms with van der Waals surface area (Å²) in [6.07, 6.45) is 2.55. The minimum absolute atomic E-state index is 0.0319. The van der Waals surface area contributed by atoms with Gasteiger partial charge in [0.2, 0.25) is 11.8 Å². The van der Waals surface area contributed by atoms with Gasteiger partial charge in [-0.2, -0.15) is 0 Å². The third-order valence-corrected chi connectivity index (χ3v) is 3.22. The van der Waals surface area contributed by atoms with Gasteiger partial charge in [0.05, 0.1) is 0 Å². The molecule has 0 bridgehead atoms. The highest BCUT2D eigenvalue weighted by atomic mass is 16.2. The van der Waals surface area contributed by atoms with Crippen LogP contribution in [-0.2, 0) is 9.59 Å². The Morgan fingerprint density at radius 2 is 1.94 bits per heavy atom. The van der Waals surface area contributed by atoms with Gasteiger partial charge in [0.25, 0.3) is 0 Å². The van der Waals surface area contributed by atoms with Crippen LogP contribution in [0, 0.1) is 11.8 Å². The van der Waals surface area contributed by atoms with E-state index in [9.17, 15) is 9.59 Å². The van der Waals surface area contributed by atoms with Crippen LogP contribution in [0.4, 0.5) is 0 Å². The Bertz CT molecular complexity index is 273. The summed E-state index contributed by atoms with van der Waals surface area (Å²) in [4.78, 5) is 23.0. The molecule has 4 N–H and O–H groups in total. The molecule has 0 aromatic heterocycles. The molecule has 5 heteroatoms. The van der Waals surface area contributed by atoms with Crippen molar-refractivity contribution >= 4 is 11.8 Å². The molecule has 98 valence electrons. The van der Waals surface area contributed by atoms with Crippen LogP contribution >= 0.6 is 0 Å². The zero-order valence-electron chi connectivity index (χ0n) is 10.7. The number of nitrogens with two attached hydrogens (primary N) is 1. The summed E-state index contributed by atoms with van der Waals surface area (Å²) in [6, 6.07) is -0.552. The summed E-state index contributed by atoms with van der Waals surface area (Å²) in [5, 5.41) is 5.99. The summed E-state index contributed by atoms with van der Waals surface area (Å²) < 4.78 is 0. The predicted molar refractivity (Wildman–Crippen MR) is 66.2 cm³/mol. The number of piperidine rings is 1. The van der Waals surface area contributed by atoms with E-state index in [0.717, 1.165) is 25.9 Å². The fourth-order valence-electron chi connectivity index (χ4n) is 2.15. The van der Waals surface area contributed by atoms with Gasteiger partial charge in [-0.15, -0.1) is 0 Å². The van der Waals surface area contributed by atoms with Crippen molar-refractivity contribution in [1.29, 1.82) is 0 Å². The Balaban J connectivity index is 2.38. The summed E-state index contributed by atoms with van der Waals surface area (Å²) in [5.74, 6) is -0.0607. The van der Waals surface area contributed by atoms with E-state index in [0.29, 0.717) is 12.3 Å². The van der Waals surface area contributed by atoms with Crippen molar-refractivity contribution < 1.29 is 9.59 Å². The van der Waals surface area contributed by atoms with Gasteiger partial charge in [0.15, 0.2) is 0 Å². The van der Waals surface area contributed by atoms with Crippen molar-refractivity contribution in [3.05, 3.63) is 0 Å². The molecule has 5 nitrogen and oxygen atoms in total. The number of nitrogens with one attached hydrogen (secondary N) is 2. The van der Waals surface area contributed by atoms with Gasteiger partial charge in [-0.1, -0.05) is 13.8 Å². The molecule has 0 spiro atoms. The lowest BCUT2D eigenvalue weighted by atomic mass is 9.94. The van der Waals surface area contributed by atoms with Crippen LogP contribution in [0.1, 0.15) is 33.1 Å². The molecule has 1 fully saturated rings. The van der Waals surface area contributed by atoms with Crippen molar-refractivity contribution in [2.45, 2.75) is 39.2 Å². The normalized spacial score (nSPS) is 19.0. The first kappa shape index (κ1) is 14.0. The fourth-order valence-corrected chi connectivity index (χ4v) is 2.15.